The second-order valence-electron chi connectivity index (χ2n) is 3.67. The molecule has 1 aromatic rings. The van der Waals surface area contributed by atoms with Gasteiger partial charge in [0.15, 0.2) is 5.76 Å². The van der Waals surface area contributed by atoms with E-state index in [0.717, 1.165) is 23.0 Å². The highest BCUT2D eigenvalue weighted by molar-refractivity contribution is 7.92. The summed E-state index contributed by atoms with van der Waals surface area (Å²) in [6.45, 7) is 2.14. The predicted molar refractivity (Wildman–Crippen MR) is 60.8 cm³/mol. The first-order valence-corrected chi connectivity index (χ1v) is 7.06. The molecule has 7 heteroatoms. The second-order valence-corrected chi connectivity index (χ2v) is 5.57. The number of hydrogen-bond acceptors (Lipinski definition) is 3. The van der Waals surface area contributed by atoms with Crippen molar-refractivity contribution >= 4 is 15.9 Å². The average molecular weight is 267 g/mol. The summed E-state index contributed by atoms with van der Waals surface area (Å²) in [6.07, 6.45) is -0.282. The van der Waals surface area contributed by atoms with E-state index < -0.39 is 22.2 Å². The van der Waals surface area contributed by atoms with Crippen molar-refractivity contribution < 1.29 is 21.6 Å². The molecule has 0 saturated carbocycles. The van der Waals surface area contributed by atoms with Gasteiger partial charge in [-0.25, -0.2) is 21.5 Å². The van der Waals surface area contributed by atoms with Crippen LogP contribution in [0.15, 0.2) is 16.5 Å². The number of alkyl halides is 2. The zero-order valence-electron chi connectivity index (χ0n) is 9.69. The lowest BCUT2D eigenvalue weighted by Crippen LogP contribution is -2.30. The summed E-state index contributed by atoms with van der Waals surface area (Å²) in [5, 5.41) is 0. The lowest BCUT2D eigenvalue weighted by molar-refractivity contribution is 0.122. The van der Waals surface area contributed by atoms with Crippen LogP contribution in [0.1, 0.15) is 32.0 Å². The van der Waals surface area contributed by atoms with Crippen LogP contribution in [-0.4, -0.2) is 21.2 Å². The van der Waals surface area contributed by atoms with Gasteiger partial charge in [-0.2, -0.15) is 0 Å². The maximum absolute atomic E-state index is 12.3. The molecule has 1 heterocycles. The third-order valence-electron chi connectivity index (χ3n) is 2.19. The third-order valence-corrected chi connectivity index (χ3v) is 3.35. The molecular weight excluding hydrogens is 252 g/mol. The molecule has 1 rings (SSSR count). The molecule has 0 radical (unpaired) electrons. The van der Waals surface area contributed by atoms with Gasteiger partial charge in [-0.3, -0.25) is 0 Å². The summed E-state index contributed by atoms with van der Waals surface area (Å²) in [5.74, 6) is -0.582. The topological polar surface area (TPSA) is 50.5 Å². The largest absolute Gasteiger partial charge is 0.438 e. The number of anilines is 1. The fourth-order valence-electron chi connectivity index (χ4n) is 1.33. The Bertz CT molecular complexity index is 456. The van der Waals surface area contributed by atoms with Crippen LogP contribution in [0.5, 0.6) is 0 Å². The van der Waals surface area contributed by atoms with Crippen molar-refractivity contribution in [1.29, 1.82) is 0 Å². The Morgan fingerprint density at radius 2 is 2.06 bits per heavy atom. The Hall–Kier alpha value is -1.11. The van der Waals surface area contributed by atoms with Crippen molar-refractivity contribution in [3.05, 3.63) is 17.9 Å². The van der Waals surface area contributed by atoms with Crippen molar-refractivity contribution in [2.75, 3.05) is 17.1 Å². The Morgan fingerprint density at radius 3 is 2.47 bits per heavy atom. The van der Waals surface area contributed by atoms with Gasteiger partial charge >= 0.3 is 0 Å². The predicted octanol–water partition coefficient (Wildman–Crippen LogP) is 2.78. The summed E-state index contributed by atoms with van der Waals surface area (Å²) in [6, 6.07) is 2.34. The molecule has 0 aliphatic heterocycles. The maximum Gasteiger partial charge on any atom is 0.295 e. The summed E-state index contributed by atoms with van der Waals surface area (Å²) in [7, 11) is -3.51. The molecule has 0 aromatic carbocycles. The SMILES string of the molecule is CCCCN(c1ccc(C(F)F)o1)S(C)(=O)=O. The molecule has 0 aliphatic rings. The third kappa shape index (κ3) is 3.69. The Kier molecular flexibility index (Phi) is 4.50. The molecule has 0 N–H and O–H groups in total. The summed E-state index contributed by atoms with van der Waals surface area (Å²) in [4.78, 5) is 0. The zero-order chi connectivity index (χ0) is 13.1. The van der Waals surface area contributed by atoms with Crippen LogP contribution in [-0.2, 0) is 10.0 Å². The highest BCUT2D eigenvalue weighted by Gasteiger charge is 2.22. The van der Waals surface area contributed by atoms with E-state index in [4.69, 9.17) is 4.42 Å². The van der Waals surface area contributed by atoms with Crippen molar-refractivity contribution in [2.45, 2.75) is 26.2 Å². The number of halogens is 2. The molecule has 0 bridgehead atoms. The zero-order valence-corrected chi connectivity index (χ0v) is 10.5. The lowest BCUT2D eigenvalue weighted by Gasteiger charge is -2.18. The smallest absolute Gasteiger partial charge is 0.295 e. The summed E-state index contributed by atoms with van der Waals surface area (Å²) >= 11 is 0. The minimum atomic E-state index is -3.51. The van der Waals surface area contributed by atoms with Crippen molar-refractivity contribution in [2.24, 2.45) is 0 Å². The quantitative estimate of drug-likeness (QED) is 0.796. The maximum atomic E-state index is 12.3. The van der Waals surface area contributed by atoms with Crippen LogP contribution in [0, 0.1) is 0 Å². The highest BCUT2D eigenvalue weighted by atomic mass is 32.2. The Labute approximate surface area is 99.3 Å². The molecule has 98 valence electrons. The average Bonchev–Trinajstić information content (AvgIpc) is 2.65. The van der Waals surface area contributed by atoms with Crippen LogP contribution < -0.4 is 4.31 Å². The molecule has 17 heavy (non-hydrogen) atoms. The van der Waals surface area contributed by atoms with E-state index in [1.165, 1.54) is 6.07 Å². The number of sulfonamides is 1. The molecule has 0 unspecified atom stereocenters. The molecular formula is C10H15F2NO3S. The van der Waals surface area contributed by atoms with Gasteiger partial charge in [-0.15, -0.1) is 0 Å². The standard InChI is InChI=1S/C10H15F2NO3S/c1-3-4-7-13(17(2,14)15)9-6-5-8(16-9)10(11)12/h5-6,10H,3-4,7H2,1-2H3. The van der Waals surface area contributed by atoms with Crippen LogP contribution in [0.25, 0.3) is 0 Å². The van der Waals surface area contributed by atoms with Gasteiger partial charge in [0.2, 0.25) is 15.9 Å². The van der Waals surface area contributed by atoms with Crippen LogP contribution in [0.2, 0.25) is 0 Å². The van der Waals surface area contributed by atoms with E-state index in [9.17, 15) is 17.2 Å². The summed E-state index contributed by atoms with van der Waals surface area (Å²) in [5.41, 5.74) is 0. The van der Waals surface area contributed by atoms with E-state index in [-0.39, 0.29) is 12.4 Å². The van der Waals surface area contributed by atoms with Crippen LogP contribution in [0.4, 0.5) is 14.7 Å². The van der Waals surface area contributed by atoms with E-state index in [0.29, 0.717) is 6.42 Å². The van der Waals surface area contributed by atoms with E-state index in [2.05, 4.69) is 0 Å². The van der Waals surface area contributed by atoms with Crippen molar-refractivity contribution in [1.82, 2.24) is 0 Å². The van der Waals surface area contributed by atoms with Gasteiger partial charge in [0.1, 0.15) is 0 Å². The lowest BCUT2D eigenvalue weighted by atomic mass is 10.3. The number of unbranched alkanes of at least 4 members (excludes halogenated alkanes) is 1. The monoisotopic (exact) mass is 267 g/mol. The first kappa shape index (κ1) is 14.0. The molecule has 0 spiro atoms. The van der Waals surface area contributed by atoms with Gasteiger partial charge in [0, 0.05) is 12.6 Å². The minimum absolute atomic E-state index is 0.0590. The van der Waals surface area contributed by atoms with E-state index in [1.54, 1.807) is 0 Å². The number of nitrogens with zero attached hydrogens (tertiary/aromatic N) is 1. The van der Waals surface area contributed by atoms with Crippen LogP contribution >= 0.6 is 0 Å². The van der Waals surface area contributed by atoms with E-state index in [1.807, 2.05) is 6.92 Å². The number of rotatable bonds is 6. The fourth-order valence-corrected chi connectivity index (χ4v) is 2.22. The van der Waals surface area contributed by atoms with Gasteiger partial charge in [0.25, 0.3) is 6.43 Å². The normalized spacial score (nSPS) is 12.1. The molecule has 0 fully saturated rings. The minimum Gasteiger partial charge on any atom is -0.438 e. The number of hydrogen-bond donors (Lipinski definition) is 0. The van der Waals surface area contributed by atoms with Gasteiger partial charge < -0.3 is 4.42 Å². The molecule has 4 nitrogen and oxygen atoms in total. The molecule has 1 aromatic heterocycles. The van der Waals surface area contributed by atoms with Gasteiger partial charge in [-0.05, 0) is 12.5 Å². The molecule has 0 saturated heterocycles. The fraction of sp³-hybridized carbons (Fsp3) is 0.600. The van der Waals surface area contributed by atoms with Gasteiger partial charge in [0.05, 0.1) is 6.26 Å². The first-order valence-electron chi connectivity index (χ1n) is 5.22. The highest BCUT2D eigenvalue weighted by Crippen LogP contribution is 2.27. The van der Waals surface area contributed by atoms with E-state index >= 15 is 0 Å². The second kappa shape index (κ2) is 5.48. The van der Waals surface area contributed by atoms with Crippen molar-refractivity contribution in [3.8, 4) is 0 Å². The Balaban J connectivity index is 2.96. The molecule has 0 aliphatic carbocycles. The molecule has 0 amide bonds. The van der Waals surface area contributed by atoms with Crippen LogP contribution in [0.3, 0.4) is 0 Å². The Morgan fingerprint density at radius 1 is 1.41 bits per heavy atom. The molecule has 0 atom stereocenters. The summed E-state index contributed by atoms with van der Waals surface area (Å²) < 4.78 is 53.5. The van der Waals surface area contributed by atoms with Crippen molar-refractivity contribution in [3.63, 3.8) is 0 Å². The number of furan rings is 1. The van der Waals surface area contributed by atoms with Gasteiger partial charge in [-0.1, -0.05) is 13.3 Å². The first-order chi connectivity index (χ1) is 7.86.